The van der Waals surface area contributed by atoms with Crippen LogP contribution in [0.4, 0.5) is 0 Å². The molecule has 0 saturated carbocycles. The third-order valence-corrected chi connectivity index (χ3v) is 5.18. The number of nitrogens with two attached hydrogens (primary N) is 1. The zero-order valence-electron chi connectivity index (χ0n) is 14.7. The third kappa shape index (κ3) is 9.22. The molecule has 3 N–H and O–H groups in total. The van der Waals surface area contributed by atoms with Gasteiger partial charge in [-0.05, 0) is 30.8 Å². The Kier molecular flexibility index (Phi) is 14.5. The van der Waals surface area contributed by atoms with Gasteiger partial charge in [-0.25, -0.2) is 0 Å². The van der Waals surface area contributed by atoms with Crippen molar-refractivity contribution < 1.29 is 9.53 Å². The molecule has 25 heavy (non-hydrogen) atoms. The van der Waals surface area contributed by atoms with Gasteiger partial charge in [0.2, 0.25) is 5.91 Å². The number of halogens is 2. The van der Waals surface area contributed by atoms with E-state index in [2.05, 4.69) is 27.7 Å². The molecule has 1 unspecified atom stereocenters. The highest BCUT2D eigenvalue weighted by Crippen LogP contribution is 2.25. The van der Waals surface area contributed by atoms with E-state index in [1.54, 1.807) is 11.3 Å². The lowest BCUT2D eigenvalue weighted by Crippen LogP contribution is -2.43. The van der Waals surface area contributed by atoms with Gasteiger partial charge in [0.25, 0.3) is 0 Å². The summed E-state index contributed by atoms with van der Waals surface area (Å²) < 4.78 is 5.44. The fourth-order valence-corrected chi connectivity index (χ4v) is 3.72. The molecule has 8 heteroatoms. The van der Waals surface area contributed by atoms with E-state index in [9.17, 15) is 4.79 Å². The van der Waals surface area contributed by atoms with Gasteiger partial charge in [0.15, 0.2) is 0 Å². The van der Waals surface area contributed by atoms with Gasteiger partial charge in [0.1, 0.15) is 0 Å². The summed E-state index contributed by atoms with van der Waals surface area (Å²) in [6, 6.07) is 4.50. The SMILES string of the molecule is Cl.Cl.NCCCCCCC(=O)NCC(c1cccs1)N1CCOCC1. The van der Waals surface area contributed by atoms with Gasteiger partial charge < -0.3 is 15.8 Å². The average Bonchev–Trinajstić information content (AvgIpc) is 3.10. The van der Waals surface area contributed by atoms with Gasteiger partial charge in [-0.1, -0.05) is 18.9 Å². The Bertz CT molecular complexity index is 443. The van der Waals surface area contributed by atoms with E-state index in [-0.39, 0.29) is 36.8 Å². The Morgan fingerprint density at radius 2 is 1.96 bits per heavy atom. The number of hydrogen-bond donors (Lipinski definition) is 2. The molecule has 1 aromatic heterocycles. The molecule has 1 amide bonds. The summed E-state index contributed by atoms with van der Waals surface area (Å²) in [6.45, 7) is 4.83. The molecule has 2 rings (SSSR count). The molecular formula is C17H31Cl2N3O2S. The van der Waals surface area contributed by atoms with Gasteiger partial charge in [-0.2, -0.15) is 0 Å². The number of thiophene rings is 1. The van der Waals surface area contributed by atoms with Crippen molar-refractivity contribution >= 4 is 42.1 Å². The predicted molar refractivity (Wildman–Crippen MR) is 109 cm³/mol. The third-order valence-electron chi connectivity index (χ3n) is 4.21. The summed E-state index contributed by atoms with van der Waals surface area (Å²) in [5, 5.41) is 5.22. The van der Waals surface area contributed by atoms with Crippen molar-refractivity contribution in [2.24, 2.45) is 5.73 Å². The van der Waals surface area contributed by atoms with Gasteiger partial charge in [0.05, 0.1) is 19.3 Å². The van der Waals surface area contributed by atoms with Gasteiger partial charge >= 0.3 is 0 Å². The van der Waals surface area contributed by atoms with Crippen molar-refractivity contribution in [3.8, 4) is 0 Å². The highest BCUT2D eigenvalue weighted by Gasteiger charge is 2.23. The normalized spacial score (nSPS) is 15.7. The lowest BCUT2D eigenvalue weighted by Gasteiger charge is -2.34. The second-order valence-corrected chi connectivity index (χ2v) is 6.92. The van der Waals surface area contributed by atoms with Crippen molar-refractivity contribution in [3.05, 3.63) is 22.4 Å². The first kappa shape index (κ1) is 24.6. The molecule has 1 aliphatic heterocycles. The van der Waals surface area contributed by atoms with Crippen LogP contribution < -0.4 is 11.1 Å². The molecule has 0 aliphatic carbocycles. The van der Waals surface area contributed by atoms with E-state index in [1.807, 2.05) is 0 Å². The number of carbonyl (C=O) groups excluding carboxylic acids is 1. The quantitative estimate of drug-likeness (QED) is 0.580. The lowest BCUT2D eigenvalue weighted by atomic mass is 10.1. The minimum absolute atomic E-state index is 0. The topological polar surface area (TPSA) is 67.6 Å². The Morgan fingerprint density at radius 1 is 1.24 bits per heavy atom. The molecule has 1 fully saturated rings. The molecule has 1 aromatic rings. The average molecular weight is 412 g/mol. The Balaban J connectivity index is 0.00000288. The van der Waals surface area contributed by atoms with Crippen LogP contribution in [0.2, 0.25) is 0 Å². The summed E-state index contributed by atoms with van der Waals surface area (Å²) in [4.78, 5) is 15.8. The van der Waals surface area contributed by atoms with Crippen LogP contribution in [0.3, 0.4) is 0 Å². The van der Waals surface area contributed by atoms with E-state index in [0.717, 1.165) is 58.5 Å². The summed E-state index contributed by atoms with van der Waals surface area (Å²) >= 11 is 1.76. The van der Waals surface area contributed by atoms with Crippen molar-refractivity contribution in [1.82, 2.24) is 10.2 Å². The minimum Gasteiger partial charge on any atom is -0.379 e. The number of hydrogen-bond acceptors (Lipinski definition) is 5. The highest BCUT2D eigenvalue weighted by atomic mass is 35.5. The first-order valence-corrected chi connectivity index (χ1v) is 9.51. The van der Waals surface area contributed by atoms with E-state index in [0.29, 0.717) is 13.0 Å². The molecule has 0 aromatic carbocycles. The number of unbranched alkanes of at least 4 members (excludes halogenated alkanes) is 3. The monoisotopic (exact) mass is 411 g/mol. The van der Waals surface area contributed by atoms with Crippen LogP contribution in [0.15, 0.2) is 17.5 Å². The molecular weight excluding hydrogens is 381 g/mol. The smallest absolute Gasteiger partial charge is 0.220 e. The van der Waals surface area contributed by atoms with E-state index in [1.165, 1.54) is 4.88 Å². The first-order valence-electron chi connectivity index (χ1n) is 8.63. The van der Waals surface area contributed by atoms with Gasteiger partial charge in [-0.3, -0.25) is 9.69 Å². The molecule has 146 valence electrons. The second kappa shape index (κ2) is 14.8. The molecule has 1 atom stereocenters. The van der Waals surface area contributed by atoms with Crippen LogP contribution in [0.25, 0.3) is 0 Å². The fraction of sp³-hybridized carbons (Fsp3) is 0.706. The standard InChI is InChI=1S/C17H29N3O2S.2ClH/c18-8-4-2-1-3-7-17(21)19-14-15(16-6-5-13-23-16)20-9-11-22-12-10-20;;/h5-6,13,15H,1-4,7-12,14,18H2,(H,19,21);2*1H. The van der Waals surface area contributed by atoms with Crippen molar-refractivity contribution in [2.75, 3.05) is 39.4 Å². The van der Waals surface area contributed by atoms with Crippen molar-refractivity contribution in [3.63, 3.8) is 0 Å². The largest absolute Gasteiger partial charge is 0.379 e. The van der Waals surface area contributed by atoms with Gasteiger partial charge in [0, 0.05) is 30.9 Å². The van der Waals surface area contributed by atoms with Crippen molar-refractivity contribution in [1.29, 1.82) is 0 Å². The number of ether oxygens (including phenoxy) is 1. The van der Waals surface area contributed by atoms with Crippen LogP contribution in [0.1, 0.15) is 43.0 Å². The van der Waals surface area contributed by atoms with Crippen LogP contribution in [0, 0.1) is 0 Å². The summed E-state index contributed by atoms with van der Waals surface area (Å²) in [5.74, 6) is 0.160. The zero-order chi connectivity index (χ0) is 16.3. The van der Waals surface area contributed by atoms with Crippen LogP contribution >= 0.6 is 36.2 Å². The maximum atomic E-state index is 12.1. The van der Waals surface area contributed by atoms with E-state index in [4.69, 9.17) is 10.5 Å². The lowest BCUT2D eigenvalue weighted by molar-refractivity contribution is -0.121. The summed E-state index contributed by atoms with van der Waals surface area (Å²) in [7, 11) is 0. The Hall–Kier alpha value is -0.370. The number of carbonyl (C=O) groups is 1. The molecule has 0 bridgehead atoms. The van der Waals surface area contributed by atoms with Crippen molar-refractivity contribution in [2.45, 2.75) is 38.1 Å². The first-order chi connectivity index (χ1) is 11.3. The molecule has 5 nitrogen and oxygen atoms in total. The van der Waals surface area contributed by atoms with E-state index >= 15 is 0 Å². The number of amides is 1. The number of rotatable bonds is 10. The maximum absolute atomic E-state index is 12.1. The van der Waals surface area contributed by atoms with Crippen LogP contribution in [-0.2, 0) is 9.53 Å². The fourth-order valence-electron chi connectivity index (χ4n) is 2.86. The van der Waals surface area contributed by atoms with Crippen LogP contribution in [-0.4, -0.2) is 50.2 Å². The second-order valence-electron chi connectivity index (χ2n) is 5.94. The predicted octanol–water partition coefficient (Wildman–Crippen LogP) is 2.99. The number of nitrogens with one attached hydrogen (secondary N) is 1. The maximum Gasteiger partial charge on any atom is 0.220 e. The summed E-state index contributed by atoms with van der Waals surface area (Å²) in [6.07, 6.45) is 4.83. The Morgan fingerprint density at radius 3 is 2.60 bits per heavy atom. The number of morpholine rings is 1. The highest BCUT2D eigenvalue weighted by molar-refractivity contribution is 7.10. The molecule has 2 heterocycles. The van der Waals surface area contributed by atoms with E-state index < -0.39 is 0 Å². The number of nitrogens with zero attached hydrogens (tertiary/aromatic N) is 1. The molecule has 0 radical (unpaired) electrons. The molecule has 0 spiro atoms. The minimum atomic E-state index is 0. The van der Waals surface area contributed by atoms with Crippen LogP contribution in [0.5, 0.6) is 0 Å². The van der Waals surface area contributed by atoms with Gasteiger partial charge in [-0.15, -0.1) is 36.2 Å². The molecule has 1 saturated heterocycles. The molecule has 1 aliphatic rings. The summed E-state index contributed by atoms with van der Waals surface area (Å²) in [5.41, 5.74) is 5.48. The Labute approximate surface area is 167 Å². The zero-order valence-corrected chi connectivity index (χ0v) is 17.1.